The van der Waals surface area contributed by atoms with E-state index in [0.717, 1.165) is 24.8 Å². The standard InChI is InChI=1S/C29H41FO7/c1-25(2)36-23-14-20-19-9-8-17-13-18(31)10-11-26(17,3)28(19,30)21(32)15-27(20,4)29(23,37-25)22(33)16-35-24-7-5-6-12-34-24/h13,19-21,23-24,32H,5-12,14-16H2,1-4H3/t19-,20-,21-,23+,24?,26-,27-,28-,29+/m0/s1. The molecule has 0 aromatic heterocycles. The average Bonchev–Trinajstić information content (AvgIpc) is 3.25. The Hall–Kier alpha value is -1.19. The van der Waals surface area contributed by atoms with Crippen LogP contribution in [0, 0.1) is 22.7 Å². The van der Waals surface area contributed by atoms with Gasteiger partial charge in [0, 0.05) is 29.8 Å². The minimum atomic E-state index is -1.88. The number of aliphatic hydroxyl groups is 1. The predicted octanol–water partition coefficient (Wildman–Crippen LogP) is 4.19. The maximum Gasteiger partial charge on any atom is 0.193 e. The van der Waals surface area contributed by atoms with Crippen LogP contribution in [0.5, 0.6) is 0 Å². The van der Waals surface area contributed by atoms with Gasteiger partial charge in [-0.1, -0.05) is 19.4 Å². The zero-order chi connectivity index (χ0) is 26.4. The van der Waals surface area contributed by atoms with E-state index in [1.54, 1.807) is 19.9 Å². The highest BCUT2D eigenvalue weighted by molar-refractivity contribution is 5.92. The lowest BCUT2D eigenvalue weighted by Crippen LogP contribution is -2.70. The van der Waals surface area contributed by atoms with E-state index in [1.165, 1.54) is 0 Å². The van der Waals surface area contributed by atoms with Gasteiger partial charge in [-0.3, -0.25) is 9.59 Å². The average molecular weight is 521 g/mol. The molecule has 6 aliphatic rings. The molecule has 0 spiro atoms. The number of Topliss-reactive ketones (excluding diaryl/α,β-unsaturated/α-hetero) is 1. The normalized spacial score (nSPS) is 50.5. The van der Waals surface area contributed by atoms with Gasteiger partial charge in [-0.05, 0) is 77.2 Å². The zero-order valence-corrected chi connectivity index (χ0v) is 22.5. The van der Waals surface area contributed by atoms with E-state index in [4.69, 9.17) is 18.9 Å². The van der Waals surface area contributed by atoms with Crippen LogP contribution in [0.15, 0.2) is 11.6 Å². The lowest BCUT2D eigenvalue weighted by atomic mass is 9.44. The minimum Gasteiger partial charge on any atom is -0.390 e. The number of carbonyl (C=O) groups excluding carboxylic acids is 2. The van der Waals surface area contributed by atoms with Crippen molar-refractivity contribution >= 4 is 11.6 Å². The summed E-state index contributed by atoms with van der Waals surface area (Å²) < 4.78 is 42.0. The Kier molecular flexibility index (Phi) is 5.92. The first-order valence-electron chi connectivity index (χ1n) is 14.1. The van der Waals surface area contributed by atoms with Crippen molar-refractivity contribution in [3.63, 3.8) is 0 Å². The third kappa shape index (κ3) is 3.41. The third-order valence-corrected chi connectivity index (χ3v) is 11.0. The molecule has 0 aromatic rings. The van der Waals surface area contributed by atoms with Crippen molar-refractivity contribution in [2.24, 2.45) is 22.7 Å². The molecule has 37 heavy (non-hydrogen) atoms. The fraction of sp³-hybridized carbons (Fsp3) is 0.862. The lowest BCUT2D eigenvalue weighted by Gasteiger charge is -2.63. The molecule has 0 amide bonds. The second-order valence-corrected chi connectivity index (χ2v) is 13.2. The number of ketones is 2. The second-order valence-electron chi connectivity index (χ2n) is 13.2. The van der Waals surface area contributed by atoms with E-state index in [-0.39, 0.29) is 30.5 Å². The fourth-order valence-electron chi connectivity index (χ4n) is 9.29. The van der Waals surface area contributed by atoms with Crippen molar-refractivity contribution < 1.29 is 38.0 Å². The van der Waals surface area contributed by atoms with Crippen molar-refractivity contribution in [1.82, 2.24) is 0 Å². The Morgan fingerprint density at radius 3 is 2.68 bits per heavy atom. The van der Waals surface area contributed by atoms with Crippen LogP contribution in [0.25, 0.3) is 0 Å². The van der Waals surface area contributed by atoms with Gasteiger partial charge in [0.2, 0.25) is 0 Å². The highest BCUT2D eigenvalue weighted by Gasteiger charge is 2.80. The summed E-state index contributed by atoms with van der Waals surface area (Å²) in [6.07, 6.45) is 4.50. The number of hydrogen-bond donors (Lipinski definition) is 1. The molecule has 2 heterocycles. The molecule has 0 radical (unpaired) electrons. The van der Waals surface area contributed by atoms with Crippen LogP contribution >= 0.6 is 0 Å². The topological polar surface area (TPSA) is 91.3 Å². The highest BCUT2D eigenvalue weighted by Crippen LogP contribution is 2.72. The van der Waals surface area contributed by atoms with Gasteiger partial charge in [-0.25, -0.2) is 4.39 Å². The summed E-state index contributed by atoms with van der Waals surface area (Å²) >= 11 is 0. The number of hydrogen-bond acceptors (Lipinski definition) is 7. The maximum absolute atomic E-state index is 17.5. The fourth-order valence-corrected chi connectivity index (χ4v) is 9.29. The molecule has 5 fully saturated rings. The Bertz CT molecular complexity index is 1020. The first kappa shape index (κ1) is 26.1. The molecule has 206 valence electrons. The summed E-state index contributed by atoms with van der Waals surface area (Å²) in [6, 6.07) is 0. The molecule has 4 aliphatic carbocycles. The number of carbonyl (C=O) groups is 2. The highest BCUT2D eigenvalue weighted by atomic mass is 19.1. The number of aliphatic hydroxyl groups excluding tert-OH is 1. The summed E-state index contributed by atoms with van der Waals surface area (Å²) in [6.45, 7) is 7.93. The predicted molar refractivity (Wildman–Crippen MR) is 131 cm³/mol. The summed E-state index contributed by atoms with van der Waals surface area (Å²) in [4.78, 5) is 26.3. The molecular weight excluding hydrogens is 479 g/mol. The second kappa shape index (κ2) is 8.40. The number of alkyl halides is 1. The number of allylic oxidation sites excluding steroid dienone is 1. The molecule has 6 rings (SSSR count). The monoisotopic (exact) mass is 520 g/mol. The van der Waals surface area contributed by atoms with Crippen LogP contribution in [0.4, 0.5) is 4.39 Å². The quantitative estimate of drug-likeness (QED) is 0.594. The van der Waals surface area contributed by atoms with Crippen molar-refractivity contribution in [2.45, 2.75) is 121 Å². The van der Waals surface area contributed by atoms with Crippen LogP contribution in [0.3, 0.4) is 0 Å². The Labute approximate surface area is 218 Å². The Morgan fingerprint density at radius 2 is 1.95 bits per heavy atom. The number of halogens is 1. The van der Waals surface area contributed by atoms with E-state index in [2.05, 4.69) is 0 Å². The van der Waals surface area contributed by atoms with Crippen LogP contribution in [-0.2, 0) is 28.5 Å². The molecular formula is C29H41FO7. The summed E-state index contributed by atoms with van der Waals surface area (Å²) in [5.41, 5.74) is -4.13. The van der Waals surface area contributed by atoms with Crippen molar-refractivity contribution in [2.75, 3.05) is 13.2 Å². The minimum absolute atomic E-state index is 0.0376. The van der Waals surface area contributed by atoms with Gasteiger partial charge in [-0.2, -0.15) is 0 Å². The van der Waals surface area contributed by atoms with Gasteiger partial charge in [0.1, 0.15) is 12.3 Å². The SMILES string of the molecule is CC1(C)O[C@@H]2C[C@H]3[C@@H]4CCC5=CC(=O)CC[C@]5(C)[C@@]4(F)[C@@H](O)C[C@]3(C)[C@]2(C(=O)COC2CCCCO2)O1. The third-order valence-electron chi connectivity index (χ3n) is 11.0. The largest absolute Gasteiger partial charge is 0.390 e. The van der Waals surface area contributed by atoms with E-state index in [9.17, 15) is 14.7 Å². The van der Waals surface area contributed by atoms with E-state index in [1.807, 2.05) is 13.8 Å². The van der Waals surface area contributed by atoms with Gasteiger partial charge in [0.15, 0.2) is 29.2 Å². The van der Waals surface area contributed by atoms with Crippen molar-refractivity contribution in [1.29, 1.82) is 0 Å². The van der Waals surface area contributed by atoms with Gasteiger partial charge >= 0.3 is 0 Å². The molecule has 8 heteroatoms. The first-order chi connectivity index (χ1) is 17.4. The van der Waals surface area contributed by atoms with Crippen molar-refractivity contribution in [3.8, 4) is 0 Å². The lowest BCUT2D eigenvalue weighted by molar-refractivity contribution is -0.253. The maximum atomic E-state index is 17.5. The van der Waals surface area contributed by atoms with Crippen LogP contribution in [0.1, 0.15) is 85.5 Å². The summed E-state index contributed by atoms with van der Waals surface area (Å²) in [7, 11) is 0. The Balaban J connectivity index is 1.36. The Morgan fingerprint density at radius 1 is 1.16 bits per heavy atom. The van der Waals surface area contributed by atoms with Gasteiger partial charge in [0.05, 0.1) is 12.2 Å². The summed E-state index contributed by atoms with van der Waals surface area (Å²) in [5.74, 6) is -1.84. The number of fused-ring (bicyclic) bond motifs is 7. The number of rotatable bonds is 4. The molecule has 7 nitrogen and oxygen atoms in total. The molecule has 3 saturated carbocycles. The number of ether oxygens (including phenoxy) is 4. The molecule has 1 unspecified atom stereocenters. The van der Waals surface area contributed by atoms with Crippen LogP contribution < -0.4 is 0 Å². The van der Waals surface area contributed by atoms with Gasteiger partial charge < -0.3 is 24.1 Å². The van der Waals surface area contributed by atoms with E-state index in [0.29, 0.717) is 38.7 Å². The smallest absolute Gasteiger partial charge is 0.193 e. The zero-order valence-electron chi connectivity index (χ0n) is 22.5. The van der Waals surface area contributed by atoms with Crippen LogP contribution in [0.2, 0.25) is 0 Å². The summed E-state index contributed by atoms with van der Waals surface area (Å²) in [5, 5.41) is 11.7. The van der Waals surface area contributed by atoms with E-state index < -0.39 is 52.3 Å². The molecule has 2 saturated heterocycles. The van der Waals surface area contributed by atoms with Gasteiger partial charge in [-0.15, -0.1) is 0 Å². The molecule has 2 aliphatic heterocycles. The van der Waals surface area contributed by atoms with Gasteiger partial charge in [0.25, 0.3) is 0 Å². The van der Waals surface area contributed by atoms with E-state index >= 15 is 4.39 Å². The van der Waals surface area contributed by atoms with Crippen molar-refractivity contribution in [3.05, 3.63) is 11.6 Å². The molecule has 0 bridgehead atoms. The first-order valence-corrected chi connectivity index (χ1v) is 14.1. The molecule has 9 atom stereocenters. The van der Waals surface area contributed by atoms with Crippen LogP contribution in [-0.4, -0.2) is 65.4 Å². The molecule has 1 N–H and O–H groups in total. The molecule has 0 aromatic carbocycles.